The highest BCUT2D eigenvalue weighted by Gasteiger charge is 2.16. The van der Waals surface area contributed by atoms with Gasteiger partial charge in [-0.25, -0.2) is 0 Å². The normalized spacial score (nSPS) is 11.1. The van der Waals surface area contributed by atoms with Crippen LogP contribution in [0.2, 0.25) is 5.02 Å². The first-order valence-corrected chi connectivity index (χ1v) is 12.3. The van der Waals surface area contributed by atoms with E-state index in [-0.39, 0.29) is 5.57 Å². The lowest BCUT2D eigenvalue weighted by Gasteiger charge is -2.13. The number of benzene rings is 4. The van der Waals surface area contributed by atoms with Crippen molar-refractivity contribution in [3.63, 3.8) is 0 Å². The number of nitrogens with zero attached hydrogens (tertiary/aromatic N) is 1. The summed E-state index contributed by atoms with van der Waals surface area (Å²) in [6.45, 7) is 0.396. The summed E-state index contributed by atoms with van der Waals surface area (Å²) >= 11 is 9.66. The van der Waals surface area contributed by atoms with Crippen LogP contribution in [0.4, 0.5) is 5.69 Å². The van der Waals surface area contributed by atoms with Gasteiger partial charge in [-0.15, -0.1) is 0 Å². The largest absolute Gasteiger partial charge is 0.495 e. The predicted octanol–water partition coefficient (Wildman–Crippen LogP) is 7.40. The van der Waals surface area contributed by atoms with Crippen molar-refractivity contribution >= 4 is 56.0 Å². The molecule has 1 N–H and O–H groups in total. The van der Waals surface area contributed by atoms with Crippen molar-refractivity contribution < 1.29 is 19.0 Å². The van der Waals surface area contributed by atoms with Gasteiger partial charge in [0.25, 0.3) is 5.91 Å². The van der Waals surface area contributed by atoms with Gasteiger partial charge in [-0.1, -0.05) is 60.1 Å². The Balaban J connectivity index is 1.51. The zero-order chi connectivity index (χ0) is 26.4. The Kier molecular flexibility index (Phi) is 8.34. The number of hydrogen-bond donors (Lipinski definition) is 1. The van der Waals surface area contributed by atoms with Crippen LogP contribution < -0.4 is 19.5 Å². The maximum Gasteiger partial charge on any atom is 0.266 e. The second kappa shape index (κ2) is 11.8. The molecule has 0 bridgehead atoms. The Labute approximate surface area is 228 Å². The summed E-state index contributed by atoms with van der Waals surface area (Å²) in [4.78, 5) is 12.9. The third-order valence-electron chi connectivity index (χ3n) is 5.62. The van der Waals surface area contributed by atoms with Gasteiger partial charge < -0.3 is 19.5 Å². The van der Waals surface area contributed by atoms with Crippen LogP contribution in [0.25, 0.3) is 16.8 Å². The minimum atomic E-state index is -0.599. The number of rotatable bonds is 8. The second-order valence-corrected chi connectivity index (χ2v) is 9.19. The first-order chi connectivity index (χ1) is 17.9. The molecule has 0 aromatic heterocycles. The quantitative estimate of drug-likeness (QED) is 0.174. The molecule has 0 aliphatic rings. The van der Waals surface area contributed by atoms with Gasteiger partial charge in [0.1, 0.15) is 35.5 Å². The van der Waals surface area contributed by atoms with E-state index in [4.69, 9.17) is 25.8 Å². The lowest BCUT2D eigenvalue weighted by atomic mass is 10.1. The van der Waals surface area contributed by atoms with Crippen LogP contribution in [0.3, 0.4) is 0 Å². The first kappa shape index (κ1) is 26.1. The molecular weight excluding hydrogens is 556 g/mol. The SMILES string of the molecule is COc1cc(NC(=O)/C(C#N)=C/c2ccc(OCc3cccc4ccccc34)c(Br)c2)c(OC)cc1Cl. The van der Waals surface area contributed by atoms with Crippen molar-refractivity contribution in [2.75, 3.05) is 19.5 Å². The molecule has 1 amide bonds. The van der Waals surface area contributed by atoms with E-state index in [0.717, 1.165) is 16.3 Å². The molecule has 0 atom stereocenters. The molecule has 0 spiro atoms. The zero-order valence-electron chi connectivity index (χ0n) is 20.0. The number of methoxy groups -OCH3 is 2. The number of carbonyl (C=O) groups excluding carboxylic acids is 1. The number of ether oxygens (including phenoxy) is 3. The molecule has 0 unspecified atom stereocenters. The number of halogens is 2. The highest BCUT2D eigenvalue weighted by Crippen LogP contribution is 2.36. The van der Waals surface area contributed by atoms with Crippen molar-refractivity contribution in [1.82, 2.24) is 0 Å². The molecule has 0 saturated carbocycles. The smallest absolute Gasteiger partial charge is 0.266 e. The van der Waals surface area contributed by atoms with Gasteiger partial charge in [0.2, 0.25) is 0 Å². The minimum Gasteiger partial charge on any atom is -0.495 e. The number of anilines is 1. The topological polar surface area (TPSA) is 80.6 Å². The number of nitrogens with one attached hydrogen (secondary N) is 1. The Morgan fingerprint density at radius 2 is 1.76 bits per heavy atom. The summed E-state index contributed by atoms with van der Waals surface area (Å²) < 4.78 is 17.2. The molecule has 0 heterocycles. The molecule has 4 aromatic carbocycles. The van der Waals surface area contributed by atoms with E-state index in [1.807, 2.05) is 30.3 Å². The zero-order valence-corrected chi connectivity index (χ0v) is 22.4. The van der Waals surface area contributed by atoms with Crippen molar-refractivity contribution in [3.8, 4) is 23.3 Å². The molecular formula is C29H22BrClN2O4. The molecule has 8 heteroatoms. The fraction of sp³-hybridized carbons (Fsp3) is 0.103. The van der Waals surface area contributed by atoms with Gasteiger partial charge in [0.15, 0.2) is 0 Å². The second-order valence-electron chi connectivity index (χ2n) is 7.93. The average Bonchev–Trinajstić information content (AvgIpc) is 2.91. The number of hydrogen-bond acceptors (Lipinski definition) is 5. The van der Waals surface area contributed by atoms with Gasteiger partial charge in [-0.2, -0.15) is 5.26 Å². The van der Waals surface area contributed by atoms with E-state index in [1.54, 1.807) is 18.2 Å². The molecule has 4 aromatic rings. The fourth-order valence-corrected chi connectivity index (χ4v) is 4.50. The molecule has 0 aliphatic carbocycles. The molecule has 0 radical (unpaired) electrons. The van der Waals surface area contributed by atoms with Gasteiger partial charge >= 0.3 is 0 Å². The van der Waals surface area contributed by atoms with E-state index >= 15 is 0 Å². The lowest BCUT2D eigenvalue weighted by Crippen LogP contribution is -2.14. The Hall–Kier alpha value is -3.99. The van der Waals surface area contributed by atoms with Crippen molar-refractivity contribution in [2.24, 2.45) is 0 Å². The maximum atomic E-state index is 12.9. The van der Waals surface area contributed by atoms with Crippen LogP contribution in [0.5, 0.6) is 17.2 Å². The maximum absolute atomic E-state index is 12.9. The molecule has 186 valence electrons. The van der Waals surface area contributed by atoms with Gasteiger partial charge in [0.05, 0.1) is 29.4 Å². The van der Waals surface area contributed by atoms with Gasteiger partial charge in [-0.05, 0) is 56.0 Å². The summed E-state index contributed by atoms with van der Waals surface area (Å²) in [7, 11) is 2.92. The van der Waals surface area contributed by atoms with Crippen molar-refractivity contribution in [3.05, 3.63) is 99.0 Å². The van der Waals surface area contributed by atoms with E-state index in [9.17, 15) is 10.1 Å². The third-order valence-corrected chi connectivity index (χ3v) is 6.53. The van der Waals surface area contributed by atoms with Crippen LogP contribution >= 0.6 is 27.5 Å². The standard InChI is InChI=1S/C29H22BrClN2O4/c1-35-27-15-25(28(36-2)14-24(27)31)33-29(34)21(16-32)12-18-10-11-26(23(30)13-18)37-17-20-8-5-7-19-6-3-4-9-22(19)20/h3-15H,17H2,1-2H3,(H,33,34)/b21-12+. The summed E-state index contributed by atoms with van der Waals surface area (Å²) in [5.74, 6) is 0.749. The Morgan fingerprint density at radius 1 is 1.00 bits per heavy atom. The van der Waals surface area contributed by atoms with E-state index < -0.39 is 5.91 Å². The van der Waals surface area contributed by atoms with E-state index in [0.29, 0.717) is 44.6 Å². The Morgan fingerprint density at radius 3 is 2.49 bits per heavy atom. The van der Waals surface area contributed by atoms with Crippen LogP contribution in [0.1, 0.15) is 11.1 Å². The van der Waals surface area contributed by atoms with Crippen molar-refractivity contribution in [2.45, 2.75) is 6.61 Å². The van der Waals surface area contributed by atoms with Crippen LogP contribution in [-0.2, 0) is 11.4 Å². The van der Waals surface area contributed by atoms with Gasteiger partial charge in [0, 0.05) is 12.1 Å². The Bertz CT molecular complexity index is 1540. The summed E-state index contributed by atoms with van der Waals surface area (Å²) in [5.41, 5.74) is 1.96. The summed E-state index contributed by atoms with van der Waals surface area (Å²) in [6, 6.07) is 24.6. The highest BCUT2D eigenvalue weighted by atomic mass is 79.9. The molecule has 0 fully saturated rings. The monoisotopic (exact) mass is 576 g/mol. The molecule has 0 aliphatic heterocycles. The summed E-state index contributed by atoms with van der Waals surface area (Å²) in [5, 5.41) is 14.9. The van der Waals surface area contributed by atoms with Crippen molar-refractivity contribution in [1.29, 1.82) is 5.26 Å². The number of carbonyl (C=O) groups is 1. The van der Waals surface area contributed by atoms with E-state index in [1.165, 1.54) is 32.4 Å². The summed E-state index contributed by atoms with van der Waals surface area (Å²) in [6.07, 6.45) is 1.49. The fourth-order valence-electron chi connectivity index (χ4n) is 3.76. The third kappa shape index (κ3) is 6.05. The van der Waals surface area contributed by atoms with Crippen LogP contribution in [0.15, 0.2) is 82.8 Å². The predicted molar refractivity (Wildman–Crippen MR) is 149 cm³/mol. The highest BCUT2D eigenvalue weighted by molar-refractivity contribution is 9.10. The molecule has 37 heavy (non-hydrogen) atoms. The van der Waals surface area contributed by atoms with Crippen LogP contribution in [-0.4, -0.2) is 20.1 Å². The van der Waals surface area contributed by atoms with Crippen LogP contribution in [0, 0.1) is 11.3 Å². The minimum absolute atomic E-state index is 0.0905. The number of nitriles is 1. The molecule has 4 rings (SSSR count). The lowest BCUT2D eigenvalue weighted by molar-refractivity contribution is -0.112. The number of amides is 1. The van der Waals surface area contributed by atoms with Gasteiger partial charge in [-0.3, -0.25) is 4.79 Å². The average molecular weight is 578 g/mol. The number of fused-ring (bicyclic) bond motifs is 1. The first-order valence-electron chi connectivity index (χ1n) is 11.2. The molecule has 0 saturated heterocycles. The van der Waals surface area contributed by atoms with E-state index in [2.05, 4.69) is 39.4 Å². The molecule has 6 nitrogen and oxygen atoms in total.